The van der Waals surface area contributed by atoms with E-state index in [1.54, 1.807) is 30.5 Å². The van der Waals surface area contributed by atoms with Crippen molar-refractivity contribution in [2.45, 2.75) is 0 Å². The minimum absolute atomic E-state index is 0.0164. The van der Waals surface area contributed by atoms with Crippen LogP contribution in [0.15, 0.2) is 63.4 Å². The van der Waals surface area contributed by atoms with Gasteiger partial charge in [0.1, 0.15) is 11.5 Å². The van der Waals surface area contributed by atoms with Gasteiger partial charge in [-0.3, -0.25) is 5.41 Å². The number of pyridine rings is 1. The highest BCUT2D eigenvalue weighted by molar-refractivity contribution is 9.10. The van der Waals surface area contributed by atoms with Crippen LogP contribution in [-0.4, -0.2) is 10.8 Å². The van der Waals surface area contributed by atoms with E-state index >= 15 is 0 Å². The zero-order valence-corrected chi connectivity index (χ0v) is 13.6. The maximum Gasteiger partial charge on any atom is 0.151 e. The molecular weight excluding hydrogens is 356 g/mol. The summed E-state index contributed by atoms with van der Waals surface area (Å²) >= 11 is 3.44. The number of hydrogen-bond acceptors (Lipinski definition) is 5. The van der Waals surface area contributed by atoms with Crippen LogP contribution in [0.2, 0.25) is 0 Å². The van der Waals surface area contributed by atoms with E-state index in [9.17, 15) is 0 Å². The molecule has 3 aromatic rings. The van der Waals surface area contributed by atoms with Crippen LogP contribution in [0.3, 0.4) is 0 Å². The third-order valence-corrected chi connectivity index (χ3v) is 3.77. The molecule has 0 aliphatic heterocycles. The van der Waals surface area contributed by atoms with Crippen LogP contribution in [0.5, 0.6) is 0 Å². The number of nitrogens with one attached hydrogen (secondary N) is 1. The molecule has 0 spiro atoms. The van der Waals surface area contributed by atoms with Crippen LogP contribution in [0.25, 0.3) is 10.8 Å². The fraction of sp³-hybridized carbons (Fsp3) is 0. The first-order chi connectivity index (χ1) is 11.0. The van der Waals surface area contributed by atoms with E-state index in [2.05, 4.69) is 31.1 Å². The molecule has 0 amide bonds. The van der Waals surface area contributed by atoms with E-state index in [1.165, 1.54) is 0 Å². The van der Waals surface area contributed by atoms with Crippen LogP contribution in [0.4, 0.5) is 17.2 Å². The standard InChI is InChI=1S/C16H13BrN6/c17-11-5-4-10-8-21-16(20)14(13(10)7-11)23-22-12-3-1-2-9(6-12)15(18)19/h1-8H,(H3,18,19)(H2,20,21)/b23-22+. The summed E-state index contributed by atoms with van der Waals surface area (Å²) in [5.74, 6) is 0.291. The van der Waals surface area contributed by atoms with Crippen molar-refractivity contribution in [3.63, 3.8) is 0 Å². The number of rotatable bonds is 3. The van der Waals surface area contributed by atoms with Crippen molar-refractivity contribution < 1.29 is 0 Å². The van der Waals surface area contributed by atoms with Gasteiger partial charge in [-0.2, -0.15) is 5.11 Å². The Morgan fingerprint density at radius 1 is 1.13 bits per heavy atom. The number of fused-ring (bicyclic) bond motifs is 1. The van der Waals surface area contributed by atoms with Gasteiger partial charge in [0.15, 0.2) is 5.82 Å². The molecule has 5 N–H and O–H groups in total. The molecule has 0 bridgehead atoms. The first kappa shape index (κ1) is 15.1. The van der Waals surface area contributed by atoms with E-state index in [1.807, 2.05) is 18.2 Å². The molecule has 23 heavy (non-hydrogen) atoms. The molecule has 0 saturated carbocycles. The van der Waals surface area contributed by atoms with Gasteiger partial charge in [0.25, 0.3) is 0 Å². The van der Waals surface area contributed by atoms with Crippen molar-refractivity contribution in [1.29, 1.82) is 5.41 Å². The highest BCUT2D eigenvalue weighted by Gasteiger charge is 2.07. The van der Waals surface area contributed by atoms with Crippen LogP contribution < -0.4 is 11.5 Å². The lowest BCUT2D eigenvalue weighted by atomic mass is 10.1. The number of hydrogen-bond donors (Lipinski definition) is 3. The highest BCUT2D eigenvalue weighted by atomic mass is 79.9. The predicted molar refractivity (Wildman–Crippen MR) is 95.5 cm³/mol. The molecule has 2 aromatic carbocycles. The number of aromatic nitrogens is 1. The minimum Gasteiger partial charge on any atom is -0.384 e. The molecule has 0 radical (unpaired) electrons. The van der Waals surface area contributed by atoms with Gasteiger partial charge in [0.2, 0.25) is 0 Å². The Morgan fingerprint density at radius 3 is 2.74 bits per heavy atom. The van der Waals surface area contributed by atoms with Crippen molar-refractivity contribution in [2.75, 3.05) is 5.73 Å². The lowest BCUT2D eigenvalue weighted by Gasteiger charge is -2.05. The van der Waals surface area contributed by atoms with Crippen LogP contribution >= 0.6 is 15.9 Å². The quantitative estimate of drug-likeness (QED) is 0.364. The highest BCUT2D eigenvalue weighted by Crippen LogP contribution is 2.33. The van der Waals surface area contributed by atoms with Crippen molar-refractivity contribution in [3.8, 4) is 0 Å². The Labute approximate surface area is 140 Å². The molecule has 0 saturated heterocycles. The Bertz CT molecular complexity index is 930. The minimum atomic E-state index is -0.0164. The largest absolute Gasteiger partial charge is 0.384 e. The number of nitrogen functional groups attached to an aromatic ring is 2. The van der Waals surface area contributed by atoms with Gasteiger partial charge in [0, 0.05) is 27.0 Å². The van der Waals surface area contributed by atoms with Gasteiger partial charge < -0.3 is 11.5 Å². The third-order valence-electron chi connectivity index (χ3n) is 3.28. The fourth-order valence-electron chi connectivity index (χ4n) is 2.13. The smallest absolute Gasteiger partial charge is 0.151 e. The zero-order valence-electron chi connectivity index (χ0n) is 12.0. The molecule has 0 atom stereocenters. The number of halogens is 1. The molecule has 0 aliphatic carbocycles. The van der Waals surface area contributed by atoms with Gasteiger partial charge in [-0.25, -0.2) is 4.98 Å². The van der Waals surface area contributed by atoms with E-state index in [0.29, 0.717) is 22.8 Å². The van der Waals surface area contributed by atoms with Gasteiger partial charge in [-0.05, 0) is 24.3 Å². The second-order valence-electron chi connectivity index (χ2n) is 4.89. The van der Waals surface area contributed by atoms with Crippen molar-refractivity contribution in [3.05, 3.63) is 58.7 Å². The summed E-state index contributed by atoms with van der Waals surface area (Å²) in [7, 11) is 0. The number of nitrogens with zero attached hydrogens (tertiary/aromatic N) is 3. The number of benzene rings is 2. The summed E-state index contributed by atoms with van der Waals surface area (Å²) in [6.45, 7) is 0. The first-order valence-electron chi connectivity index (χ1n) is 6.74. The molecular formula is C16H13BrN6. The lowest BCUT2D eigenvalue weighted by molar-refractivity contribution is 1.22. The molecule has 0 fully saturated rings. The summed E-state index contributed by atoms with van der Waals surface area (Å²) in [5, 5.41) is 17.7. The predicted octanol–water partition coefficient (Wildman–Crippen LogP) is 4.28. The number of azo groups is 1. The fourth-order valence-corrected chi connectivity index (χ4v) is 2.49. The number of anilines is 1. The first-order valence-corrected chi connectivity index (χ1v) is 7.54. The third kappa shape index (κ3) is 3.19. The molecule has 0 aliphatic rings. The molecule has 0 unspecified atom stereocenters. The van der Waals surface area contributed by atoms with Crippen LogP contribution in [0.1, 0.15) is 5.56 Å². The van der Waals surface area contributed by atoms with Crippen molar-refractivity contribution in [2.24, 2.45) is 16.0 Å². The maximum absolute atomic E-state index is 7.46. The zero-order chi connectivity index (χ0) is 16.4. The van der Waals surface area contributed by atoms with Gasteiger partial charge in [-0.15, -0.1) is 5.11 Å². The normalized spacial score (nSPS) is 11.2. The Morgan fingerprint density at radius 2 is 1.96 bits per heavy atom. The average Bonchev–Trinajstić information content (AvgIpc) is 2.54. The molecule has 6 nitrogen and oxygen atoms in total. The van der Waals surface area contributed by atoms with Gasteiger partial charge >= 0.3 is 0 Å². The number of amidine groups is 1. The molecule has 1 heterocycles. The Balaban J connectivity index is 2.07. The molecule has 1 aromatic heterocycles. The second kappa shape index (κ2) is 6.13. The van der Waals surface area contributed by atoms with E-state index in [-0.39, 0.29) is 5.84 Å². The van der Waals surface area contributed by atoms with Crippen molar-refractivity contribution >= 4 is 49.7 Å². The van der Waals surface area contributed by atoms with Crippen LogP contribution in [-0.2, 0) is 0 Å². The van der Waals surface area contributed by atoms with E-state index in [4.69, 9.17) is 16.9 Å². The summed E-state index contributed by atoms with van der Waals surface area (Å²) in [5.41, 5.74) is 13.1. The summed E-state index contributed by atoms with van der Waals surface area (Å²) in [4.78, 5) is 4.15. The summed E-state index contributed by atoms with van der Waals surface area (Å²) in [6, 6.07) is 12.8. The van der Waals surface area contributed by atoms with E-state index < -0.39 is 0 Å². The molecule has 114 valence electrons. The molecule has 7 heteroatoms. The monoisotopic (exact) mass is 368 g/mol. The SMILES string of the molecule is N=C(N)c1cccc(/N=N/c2c(N)ncc3ccc(Br)cc23)c1. The van der Waals surface area contributed by atoms with Crippen LogP contribution in [0, 0.1) is 5.41 Å². The summed E-state index contributed by atoms with van der Waals surface area (Å²) in [6.07, 6.45) is 1.70. The van der Waals surface area contributed by atoms with E-state index in [0.717, 1.165) is 15.2 Å². The average molecular weight is 369 g/mol. The van der Waals surface area contributed by atoms with Crippen molar-refractivity contribution in [1.82, 2.24) is 4.98 Å². The van der Waals surface area contributed by atoms with Gasteiger partial charge in [-0.1, -0.05) is 34.1 Å². The maximum atomic E-state index is 7.46. The van der Waals surface area contributed by atoms with Gasteiger partial charge in [0.05, 0.1) is 5.69 Å². The molecule has 3 rings (SSSR count). The Hall–Kier alpha value is -2.80. The lowest BCUT2D eigenvalue weighted by Crippen LogP contribution is -2.10. The summed E-state index contributed by atoms with van der Waals surface area (Å²) < 4.78 is 0.922. The topological polar surface area (TPSA) is 114 Å². The Kier molecular flexibility index (Phi) is 4.03. The second-order valence-corrected chi connectivity index (χ2v) is 5.80. The number of nitrogens with two attached hydrogens (primary N) is 2.